The van der Waals surface area contributed by atoms with Crippen LogP contribution in [-0.2, 0) is 6.42 Å². The van der Waals surface area contributed by atoms with Gasteiger partial charge in [0.1, 0.15) is 12.1 Å². The fourth-order valence-electron chi connectivity index (χ4n) is 2.41. The van der Waals surface area contributed by atoms with Gasteiger partial charge >= 0.3 is 0 Å². The van der Waals surface area contributed by atoms with Crippen LogP contribution >= 0.6 is 0 Å². The highest BCUT2D eigenvalue weighted by molar-refractivity contribution is 5.80. The van der Waals surface area contributed by atoms with E-state index in [1.54, 1.807) is 0 Å². The number of imidazole rings is 1. The molecular weight excluding hydrogens is 248 g/mol. The number of nitrogens with two attached hydrogens (primary N) is 1. The Balaban J connectivity index is 2.26. The molecule has 1 aromatic carbocycles. The van der Waals surface area contributed by atoms with E-state index in [2.05, 4.69) is 24.0 Å². The number of pyridine rings is 1. The number of nitrogens with zero attached hydrogens (tertiary/aromatic N) is 3. The number of aromatic nitrogens is 3. The molecule has 0 saturated heterocycles. The van der Waals surface area contributed by atoms with Crippen LogP contribution in [0.4, 0.5) is 0 Å². The Labute approximate surface area is 118 Å². The van der Waals surface area contributed by atoms with Crippen LogP contribution in [0.5, 0.6) is 0 Å². The summed E-state index contributed by atoms with van der Waals surface area (Å²) in [6, 6.07) is 10.3. The van der Waals surface area contributed by atoms with Gasteiger partial charge in [-0.15, -0.1) is 0 Å². The second kappa shape index (κ2) is 5.06. The van der Waals surface area contributed by atoms with E-state index in [0.29, 0.717) is 6.54 Å². The van der Waals surface area contributed by atoms with Gasteiger partial charge in [0.05, 0.1) is 11.2 Å². The number of fused-ring (bicyclic) bond motifs is 1. The molecule has 0 unspecified atom stereocenters. The van der Waals surface area contributed by atoms with Crippen molar-refractivity contribution < 1.29 is 0 Å². The minimum absolute atomic E-state index is 0.611. The molecule has 0 radical (unpaired) electrons. The molecule has 0 saturated carbocycles. The summed E-state index contributed by atoms with van der Waals surface area (Å²) in [6.07, 6.45) is 2.64. The topological polar surface area (TPSA) is 56.7 Å². The van der Waals surface area contributed by atoms with Gasteiger partial charge in [-0.3, -0.25) is 4.57 Å². The lowest BCUT2D eigenvalue weighted by Crippen LogP contribution is -2.09. The molecule has 0 bridgehead atoms. The van der Waals surface area contributed by atoms with Crippen LogP contribution < -0.4 is 5.73 Å². The van der Waals surface area contributed by atoms with Gasteiger partial charge in [-0.2, -0.15) is 0 Å². The molecule has 102 valence electrons. The van der Waals surface area contributed by atoms with Crippen molar-refractivity contribution in [2.24, 2.45) is 5.73 Å². The van der Waals surface area contributed by atoms with E-state index in [9.17, 15) is 0 Å². The van der Waals surface area contributed by atoms with Crippen molar-refractivity contribution in [3.63, 3.8) is 0 Å². The van der Waals surface area contributed by atoms with E-state index in [1.165, 1.54) is 0 Å². The average Bonchev–Trinajstić information content (AvgIpc) is 2.79. The van der Waals surface area contributed by atoms with Crippen LogP contribution in [0.1, 0.15) is 17.0 Å². The van der Waals surface area contributed by atoms with Crippen LogP contribution in [0.25, 0.3) is 16.7 Å². The molecule has 0 aliphatic heterocycles. The second-order valence-corrected chi connectivity index (χ2v) is 4.99. The number of benzene rings is 1. The predicted molar refractivity (Wildman–Crippen MR) is 81.1 cm³/mol. The number of hydrogen-bond acceptors (Lipinski definition) is 3. The van der Waals surface area contributed by atoms with Gasteiger partial charge in [-0.25, -0.2) is 9.97 Å². The molecule has 0 fully saturated rings. The quantitative estimate of drug-likeness (QED) is 0.792. The molecule has 0 aliphatic rings. The van der Waals surface area contributed by atoms with Crippen LogP contribution in [-0.4, -0.2) is 21.1 Å². The van der Waals surface area contributed by atoms with Gasteiger partial charge in [-0.05, 0) is 44.5 Å². The van der Waals surface area contributed by atoms with Crippen molar-refractivity contribution in [3.05, 3.63) is 53.6 Å². The third-order valence-electron chi connectivity index (χ3n) is 3.67. The molecule has 3 rings (SSSR count). The van der Waals surface area contributed by atoms with Crippen LogP contribution in [0.3, 0.4) is 0 Å². The molecule has 2 aromatic heterocycles. The summed E-state index contributed by atoms with van der Waals surface area (Å²) >= 11 is 0. The van der Waals surface area contributed by atoms with Gasteiger partial charge < -0.3 is 5.73 Å². The first-order chi connectivity index (χ1) is 9.70. The van der Waals surface area contributed by atoms with Crippen LogP contribution in [0.2, 0.25) is 0 Å². The molecule has 2 N–H and O–H groups in total. The van der Waals surface area contributed by atoms with Crippen LogP contribution in [0.15, 0.2) is 36.7 Å². The van der Waals surface area contributed by atoms with E-state index in [4.69, 9.17) is 10.7 Å². The van der Waals surface area contributed by atoms with Crippen molar-refractivity contribution in [1.29, 1.82) is 0 Å². The first-order valence-electron chi connectivity index (χ1n) is 6.80. The normalized spacial score (nSPS) is 11.2. The third-order valence-corrected chi connectivity index (χ3v) is 3.67. The van der Waals surface area contributed by atoms with Gasteiger partial charge in [0.2, 0.25) is 0 Å². The first-order valence-corrected chi connectivity index (χ1v) is 6.80. The molecular formula is C16H18N4. The zero-order valence-electron chi connectivity index (χ0n) is 11.8. The fourth-order valence-corrected chi connectivity index (χ4v) is 2.41. The molecule has 4 heteroatoms. The minimum atomic E-state index is 0.611. The van der Waals surface area contributed by atoms with E-state index < -0.39 is 0 Å². The summed E-state index contributed by atoms with van der Waals surface area (Å²) in [4.78, 5) is 9.17. The lowest BCUT2D eigenvalue weighted by atomic mass is 10.1. The second-order valence-electron chi connectivity index (χ2n) is 4.99. The molecule has 2 heterocycles. The largest absolute Gasteiger partial charge is 0.330 e. The van der Waals surface area contributed by atoms with E-state index in [1.807, 2.05) is 36.0 Å². The Morgan fingerprint density at radius 3 is 2.70 bits per heavy atom. The van der Waals surface area contributed by atoms with Gasteiger partial charge in [0, 0.05) is 11.1 Å². The minimum Gasteiger partial charge on any atom is -0.330 e. The van der Waals surface area contributed by atoms with Crippen molar-refractivity contribution in [3.8, 4) is 5.82 Å². The maximum Gasteiger partial charge on any atom is 0.142 e. The highest BCUT2D eigenvalue weighted by atomic mass is 15.1. The molecule has 0 atom stereocenters. The Morgan fingerprint density at radius 1 is 1.20 bits per heavy atom. The molecule has 4 nitrogen and oxygen atoms in total. The summed E-state index contributed by atoms with van der Waals surface area (Å²) in [5.41, 5.74) is 10.0. The zero-order valence-corrected chi connectivity index (χ0v) is 11.8. The van der Waals surface area contributed by atoms with Crippen molar-refractivity contribution in [2.75, 3.05) is 6.54 Å². The monoisotopic (exact) mass is 266 g/mol. The van der Waals surface area contributed by atoms with E-state index >= 15 is 0 Å². The Hall–Kier alpha value is -2.20. The Kier molecular flexibility index (Phi) is 3.24. The van der Waals surface area contributed by atoms with Crippen molar-refractivity contribution in [1.82, 2.24) is 14.5 Å². The van der Waals surface area contributed by atoms with Gasteiger partial charge in [0.15, 0.2) is 0 Å². The molecule has 0 amide bonds. The summed E-state index contributed by atoms with van der Waals surface area (Å²) in [6.45, 7) is 4.68. The third kappa shape index (κ3) is 2.08. The standard InChI is InChI=1S/C16H18N4/c1-11-12(2)20(10-18-11)16-14(7-8-17)9-13-5-3-4-6-15(13)19-16/h3-6,9-10H,7-8,17H2,1-2H3. The summed E-state index contributed by atoms with van der Waals surface area (Å²) in [5.74, 6) is 0.937. The van der Waals surface area contributed by atoms with Crippen molar-refractivity contribution in [2.45, 2.75) is 20.3 Å². The number of aryl methyl sites for hydroxylation is 1. The van der Waals surface area contributed by atoms with Gasteiger partial charge in [-0.1, -0.05) is 18.2 Å². The molecule has 0 aliphatic carbocycles. The molecule has 20 heavy (non-hydrogen) atoms. The highest BCUT2D eigenvalue weighted by Crippen LogP contribution is 2.22. The Morgan fingerprint density at radius 2 is 2.00 bits per heavy atom. The molecule has 3 aromatic rings. The fraction of sp³-hybridized carbons (Fsp3) is 0.250. The number of hydrogen-bond donors (Lipinski definition) is 1. The SMILES string of the molecule is Cc1ncn(-c2nc3ccccc3cc2CCN)c1C. The smallest absolute Gasteiger partial charge is 0.142 e. The van der Waals surface area contributed by atoms with Crippen LogP contribution in [0, 0.1) is 13.8 Å². The molecule has 0 spiro atoms. The first kappa shape index (κ1) is 12.8. The maximum absolute atomic E-state index is 5.74. The predicted octanol–water partition coefficient (Wildman–Crippen LogP) is 2.54. The zero-order chi connectivity index (χ0) is 14.1. The number of rotatable bonds is 3. The summed E-state index contributed by atoms with van der Waals surface area (Å²) < 4.78 is 2.05. The van der Waals surface area contributed by atoms with Crippen molar-refractivity contribution >= 4 is 10.9 Å². The Bertz CT molecular complexity index is 758. The van der Waals surface area contributed by atoms with E-state index in [-0.39, 0.29) is 0 Å². The highest BCUT2D eigenvalue weighted by Gasteiger charge is 2.11. The lowest BCUT2D eigenvalue weighted by Gasteiger charge is -2.12. The average molecular weight is 266 g/mol. The van der Waals surface area contributed by atoms with E-state index in [0.717, 1.165) is 40.1 Å². The summed E-state index contributed by atoms with van der Waals surface area (Å²) in [7, 11) is 0. The summed E-state index contributed by atoms with van der Waals surface area (Å²) in [5, 5.41) is 1.15. The maximum atomic E-state index is 5.74. The van der Waals surface area contributed by atoms with Gasteiger partial charge in [0.25, 0.3) is 0 Å². The number of para-hydroxylation sites is 1. The lowest BCUT2D eigenvalue weighted by molar-refractivity contribution is 0.894.